The molecular formula is C16H27NO3Si2. The van der Waals surface area contributed by atoms with Crippen molar-refractivity contribution in [2.75, 3.05) is 6.54 Å². The van der Waals surface area contributed by atoms with Crippen LogP contribution >= 0.6 is 0 Å². The van der Waals surface area contributed by atoms with Gasteiger partial charge in [0.1, 0.15) is 6.54 Å². The van der Waals surface area contributed by atoms with Crippen LogP contribution in [0, 0.1) is 0 Å². The zero-order valence-electron chi connectivity index (χ0n) is 14.5. The molecule has 0 N–H and O–H groups in total. The van der Waals surface area contributed by atoms with Crippen LogP contribution in [0.1, 0.15) is 5.56 Å². The van der Waals surface area contributed by atoms with Gasteiger partial charge in [0.05, 0.1) is 6.42 Å². The molecular weight excluding hydrogens is 310 g/mol. The molecule has 0 unspecified atom stereocenters. The van der Waals surface area contributed by atoms with Crippen molar-refractivity contribution in [3.05, 3.63) is 35.9 Å². The first kappa shape index (κ1) is 18.6. The van der Waals surface area contributed by atoms with Crippen LogP contribution in [0.25, 0.3) is 0 Å². The van der Waals surface area contributed by atoms with Crippen LogP contribution in [0.4, 0.5) is 0 Å². The lowest BCUT2D eigenvalue weighted by molar-refractivity contribution is -0.139. The molecule has 0 saturated carbocycles. The minimum Gasteiger partial charge on any atom is -0.519 e. The van der Waals surface area contributed by atoms with E-state index in [1.807, 2.05) is 50.0 Å². The van der Waals surface area contributed by atoms with E-state index >= 15 is 0 Å². The van der Waals surface area contributed by atoms with Crippen LogP contribution in [-0.2, 0) is 20.4 Å². The van der Waals surface area contributed by atoms with E-state index < -0.39 is 16.6 Å². The van der Waals surface area contributed by atoms with Crippen molar-refractivity contribution >= 4 is 28.4 Å². The van der Waals surface area contributed by atoms with Gasteiger partial charge in [0.2, 0.25) is 14.2 Å². The van der Waals surface area contributed by atoms with Crippen LogP contribution in [0.2, 0.25) is 39.3 Å². The predicted molar refractivity (Wildman–Crippen MR) is 94.6 cm³/mol. The van der Waals surface area contributed by atoms with Gasteiger partial charge in [-0.2, -0.15) is 0 Å². The third-order valence-electron chi connectivity index (χ3n) is 3.02. The Hall–Kier alpha value is -1.41. The number of rotatable bonds is 6. The number of amides is 1. The summed E-state index contributed by atoms with van der Waals surface area (Å²) in [5.41, 5.74) is 0.967. The molecule has 1 aromatic carbocycles. The Morgan fingerprint density at radius 1 is 1.00 bits per heavy atom. The Bertz CT molecular complexity index is 518. The summed E-state index contributed by atoms with van der Waals surface area (Å²) in [6.07, 6.45) is 0.325. The third-order valence-corrected chi connectivity index (χ3v) is 5.88. The lowest BCUT2D eigenvalue weighted by Crippen LogP contribution is -2.53. The monoisotopic (exact) mass is 337 g/mol. The number of hydrogen-bond donors (Lipinski definition) is 0. The van der Waals surface area contributed by atoms with E-state index in [0.29, 0.717) is 6.42 Å². The molecule has 4 nitrogen and oxygen atoms in total. The van der Waals surface area contributed by atoms with Gasteiger partial charge >= 0.3 is 5.97 Å². The van der Waals surface area contributed by atoms with Crippen LogP contribution < -0.4 is 0 Å². The average molecular weight is 338 g/mol. The van der Waals surface area contributed by atoms with Gasteiger partial charge in [-0.05, 0) is 25.2 Å². The van der Waals surface area contributed by atoms with Crippen molar-refractivity contribution in [3.63, 3.8) is 0 Å². The van der Waals surface area contributed by atoms with Crippen molar-refractivity contribution in [1.82, 2.24) is 4.57 Å². The molecule has 0 aliphatic carbocycles. The molecule has 1 amide bonds. The van der Waals surface area contributed by atoms with E-state index in [-0.39, 0.29) is 18.4 Å². The Morgan fingerprint density at radius 3 is 2.00 bits per heavy atom. The summed E-state index contributed by atoms with van der Waals surface area (Å²) < 4.78 is 7.23. The summed E-state index contributed by atoms with van der Waals surface area (Å²) in [6, 6.07) is 9.62. The van der Waals surface area contributed by atoms with E-state index in [1.165, 1.54) is 0 Å². The Balaban J connectivity index is 2.81. The van der Waals surface area contributed by atoms with Gasteiger partial charge in [-0.15, -0.1) is 0 Å². The highest BCUT2D eigenvalue weighted by molar-refractivity contribution is 6.75. The summed E-state index contributed by atoms with van der Waals surface area (Å²) in [4.78, 5) is 24.7. The number of carbonyl (C=O) groups excluding carboxylic acids is 2. The maximum absolute atomic E-state index is 12.6. The molecule has 0 heterocycles. The smallest absolute Gasteiger partial charge is 0.311 e. The first-order valence-electron chi connectivity index (χ1n) is 7.55. The molecule has 1 rings (SSSR count). The zero-order chi connectivity index (χ0) is 17.0. The molecule has 0 aromatic heterocycles. The molecule has 0 aliphatic heterocycles. The fourth-order valence-corrected chi connectivity index (χ4v) is 4.25. The lowest BCUT2D eigenvalue weighted by atomic mass is 10.1. The van der Waals surface area contributed by atoms with Crippen LogP contribution in [0.5, 0.6) is 0 Å². The van der Waals surface area contributed by atoms with Crippen molar-refractivity contribution in [2.24, 2.45) is 0 Å². The fraction of sp³-hybridized carbons (Fsp3) is 0.500. The number of hydrogen-bond acceptors (Lipinski definition) is 3. The van der Waals surface area contributed by atoms with Crippen LogP contribution in [0.3, 0.4) is 0 Å². The maximum Gasteiger partial charge on any atom is 0.311 e. The van der Waals surface area contributed by atoms with Crippen LogP contribution in [0.15, 0.2) is 30.3 Å². The second kappa shape index (κ2) is 7.24. The Morgan fingerprint density at radius 2 is 1.55 bits per heavy atom. The summed E-state index contributed by atoms with van der Waals surface area (Å²) >= 11 is 0. The van der Waals surface area contributed by atoms with Crippen molar-refractivity contribution in [1.29, 1.82) is 0 Å². The van der Waals surface area contributed by atoms with Gasteiger partial charge in [0, 0.05) is 0 Å². The van der Waals surface area contributed by atoms with Gasteiger partial charge in [-0.25, -0.2) is 0 Å². The minimum absolute atomic E-state index is 0.00195. The van der Waals surface area contributed by atoms with E-state index in [0.717, 1.165) is 5.56 Å². The minimum atomic E-state index is -1.94. The average Bonchev–Trinajstić information content (AvgIpc) is 2.33. The van der Waals surface area contributed by atoms with Gasteiger partial charge < -0.3 is 8.99 Å². The summed E-state index contributed by atoms with van der Waals surface area (Å²) in [7, 11) is -3.87. The largest absolute Gasteiger partial charge is 0.519 e. The number of carbonyl (C=O) groups is 2. The second-order valence-corrected chi connectivity index (χ2v) is 16.7. The van der Waals surface area contributed by atoms with E-state index in [4.69, 9.17) is 4.43 Å². The van der Waals surface area contributed by atoms with E-state index in [1.54, 1.807) is 4.57 Å². The summed E-state index contributed by atoms with van der Waals surface area (Å²) in [5, 5.41) is 0. The highest BCUT2D eigenvalue weighted by Crippen LogP contribution is 2.14. The zero-order valence-corrected chi connectivity index (χ0v) is 16.5. The molecule has 6 heteroatoms. The van der Waals surface area contributed by atoms with Crippen molar-refractivity contribution in [3.8, 4) is 0 Å². The van der Waals surface area contributed by atoms with E-state index in [9.17, 15) is 9.59 Å². The Labute approximate surface area is 135 Å². The molecule has 122 valence electrons. The first-order valence-corrected chi connectivity index (χ1v) is 14.4. The molecule has 22 heavy (non-hydrogen) atoms. The maximum atomic E-state index is 12.6. The first-order chi connectivity index (χ1) is 9.99. The Kier molecular flexibility index (Phi) is 6.13. The van der Waals surface area contributed by atoms with Gasteiger partial charge in [-0.1, -0.05) is 50.0 Å². The SMILES string of the molecule is C[Si](C)(C)OC(=O)CN(C(=O)Cc1ccccc1)[Si](C)(C)C. The molecule has 1 aromatic rings. The molecule has 0 bridgehead atoms. The number of nitrogens with zero attached hydrogens (tertiary/aromatic N) is 1. The quantitative estimate of drug-likeness (QED) is 0.749. The van der Waals surface area contributed by atoms with Gasteiger partial charge in [-0.3, -0.25) is 9.59 Å². The van der Waals surface area contributed by atoms with Gasteiger partial charge in [0.25, 0.3) is 0 Å². The highest BCUT2D eigenvalue weighted by Gasteiger charge is 2.32. The predicted octanol–water partition coefficient (Wildman–Crippen LogP) is 3.27. The number of benzene rings is 1. The summed E-state index contributed by atoms with van der Waals surface area (Å²) in [5.74, 6) is -0.291. The van der Waals surface area contributed by atoms with Crippen molar-refractivity contribution < 1.29 is 14.0 Å². The van der Waals surface area contributed by atoms with Crippen LogP contribution in [-0.4, -0.2) is 39.5 Å². The molecule has 0 radical (unpaired) electrons. The molecule has 0 saturated heterocycles. The van der Waals surface area contributed by atoms with E-state index in [2.05, 4.69) is 19.6 Å². The topological polar surface area (TPSA) is 46.6 Å². The van der Waals surface area contributed by atoms with Gasteiger partial charge in [0.15, 0.2) is 8.24 Å². The normalized spacial score (nSPS) is 11.9. The molecule has 0 aliphatic rings. The molecule has 0 atom stereocenters. The molecule has 0 spiro atoms. The fourth-order valence-electron chi connectivity index (χ4n) is 2.07. The second-order valence-electron chi connectivity index (χ2n) is 7.40. The summed E-state index contributed by atoms with van der Waals surface area (Å²) in [6.45, 7) is 12.2. The lowest BCUT2D eigenvalue weighted by Gasteiger charge is -2.34. The standard InChI is InChI=1S/C16H27NO3Si2/c1-21(2,3)17(13-16(19)20-22(4,5)6)15(18)12-14-10-8-7-9-11-14/h7-11H,12-13H2,1-6H3. The highest BCUT2D eigenvalue weighted by atomic mass is 28.4. The van der Waals surface area contributed by atoms with Crippen molar-refractivity contribution in [2.45, 2.75) is 45.7 Å². The molecule has 0 fully saturated rings. The third kappa shape index (κ3) is 6.57.